The molecule has 0 aromatic heterocycles. The van der Waals surface area contributed by atoms with Gasteiger partial charge in [-0.3, -0.25) is 9.59 Å². The first-order chi connectivity index (χ1) is 17.7. The van der Waals surface area contributed by atoms with Crippen molar-refractivity contribution in [2.45, 2.75) is 91.1 Å². The number of benzene rings is 1. The van der Waals surface area contributed by atoms with Crippen molar-refractivity contribution in [1.82, 2.24) is 0 Å². The highest BCUT2D eigenvalue weighted by molar-refractivity contribution is 5.89. The van der Waals surface area contributed by atoms with Crippen molar-refractivity contribution in [1.29, 1.82) is 0 Å². The Bertz CT molecular complexity index is 1020. The summed E-state index contributed by atoms with van der Waals surface area (Å²) in [6, 6.07) is 9.29. The summed E-state index contributed by atoms with van der Waals surface area (Å²) >= 11 is 0. The quantitative estimate of drug-likeness (QED) is 0.403. The maximum atomic E-state index is 14.0. The number of rotatable bonds is 6. The van der Waals surface area contributed by atoms with Crippen LogP contribution < -0.4 is 0 Å². The standard InChI is InChI=1S/C32H44O5/c1-20(10-15-29(34)36-4)25-13-14-26-24-12-11-22-18-23(37-30(35)21-8-6-5-7-9-21)16-17-31(22,2)27(24)19-28(33)32(25,26)3/h5-9,20,22-27H,10-19H2,1-4H3/t20-,22+,23+,24+,25-,26+,27+,31+,32-/m1/s1. The predicted octanol–water partition coefficient (Wildman–Crippen LogP) is 6.64. The van der Waals surface area contributed by atoms with Crippen LogP contribution in [-0.4, -0.2) is 30.9 Å². The number of ketones is 1. The van der Waals surface area contributed by atoms with Crippen LogP contribution in [0.3, 0.4) is 0 Å². The third-order valence-electron chi connectivity index (χ3n) is 11.6. The van der Waals surface area contributed by atoms with Crippen LogP contribution in [-0.2, 0) is 19.1 Å². The summed E-state index contributed by atoms with van der Waals surface area (Å²) in [6.07, 6.45) is 9.31. The Kier molecular flexibility index (Phi) is 7.28. The highest BCUT2D eigenvalue weighted by Crippen LogP contribution is 2.67. The molecule has 5 heteroatoms. The lowest BCUT2D eigenvalue weighted by molar-refractivity contribution is -0.160. The van der Waals surface area contributed by atoms with Gasteiger partial charge in [-0.15, -0.1) is 0 Å². The van der Waals surface area contributed by atoms with E-state index in [4.69, 9.17) is 9.47 Å². The predicted molar refractivity (Wildman–Crippen MR) is 142 cm³/mol. The molecular weight excluding hydrogens is 464 g/mol. The van der Waals surface area contributed by atoms with Gasteiger partial charge in [-0.25, -0.2) is 4.79 Å². The van der Waals surface area contributed by atoms with Gasteiger partial charge in [0.05, 0.1) is 12.7 Å². The van der Waals surface area contributed by atoms with Crippen LogP contribution in [0.5, 0.6) is 0 Å². The zero-order chi connectivity index (χ0) is 26.4. The maximum absolute atomic E-state index is 14.0. The van der Waals surface area contributed by atoms with Crippen LogP contribution in [0.1, 0.15) is 95.3 Å². The minimum absolute atomic E-state index is 0.0292. The molecule has 0 aliphatic heterocycles. The lowest BCUT2D eigenvalue weighted by atomic mass is 9.44. The molecule has 0 heterocycles. The molecule has 0 N–H and O–H groups in total. The van der Waals surface area contributed by atoms with Crippen LogP contribution in [0.15, 0.2) is 30.3 Å². The normalized spacial score (nSPS) is 39.6. The summed E-state index contributed by atoms with van der Waals surface area (Å²) in [4.78, 5) is 38.4. The number of fused-ring (bicyclic) bond motifs is 5. The van der Waals surface area contributed by atoms with E-state index in [9.17, 15) is 14.4 Å². The molecule has 0 bridgehead atoms. The van der Waals surface area contributed by atoms with Crippen molar-refractivity contribution in [3.63, 3.8) is 0 Å². The molecule has 202 valence electrons. The third kappa shape index (κ3) is 4.55. The first kappa shape index (κ1) is 26.4. The van der Waals surface area contributed by atoms with E-state index in [0.717, 1.165) is 38.5 Å². The molecular formula is C32H44O5. The molecule has 0 spiro atoms. The van der Waals surface area contributed by atoms with E-state index in [-0.39, 0.29) is 28.9 Å². The summed E-state index contributed by atoms with van der Waals surface area (Å²) in [5.74, 6) is 2.79. The Morgan fingerprint density at radius 2 is 1.78 bits per heavy atom. The van der Waals surface area contributed by atoms with E-state index >= 15 is 0 Å². The smallest absolute Gasteiger partial charge is 0.338 e. The Balaban J connectivity index is 1.27. The Morgan fingerprint density at radius 1 is 1.03 bits per heavy atom. The molecule has 4 aliphatic carbocycles. The molecule has 0 radical (unpaired) electrons. The first-order valence-electron chi connectivity index (χ1n) is 14.5. The van der Waals surface area contributed by atoms with E-state index < -0.39 is 0 Å². The lowest BCUT2D eigenvalue weighted by Gasteiger charge is -2.60. The zero-order valence-corrected chi connectivity index (χ0v) is 23.0. The third-order valence-corrected chi connectivity index (χ3v) is 11.6. The number of esters is 2. The van der Waals surface area contributed by atoms with Gasteiger partial charge >= 0.3 is 11.9 Å². The van der Waals surface area contributed by atoms with E-state index in [1.54, 1.807) is 0 Å². The lowest BCUT2D eigenvalue weighted by Crippen LogP contribution is -2.57. The highest BCUT2D eigenvalue weighted by Gasteiger charge is 2.64. The van der Waals surface area contributed by atoms with Gasteiger partial charge in [0.25, 0.3) is 0 Å². The average molecular weight is 509 g/mol. The van der Waals surface area contributed by atoms with Crippen LogP contribution >= 0.6 is 0 Å². The Hall–Kier alpha value is -2.17. The van der Waals surface area contributed by atoms with Gasteiger partial charge in [0, 0.05) is 18.3 Å². The molecule has 0 amide bonds. The van der Waals surface area contributed by atoms with Gasteiger partial charge in [0.2, 0.25) is 0 Å². The van der Waals surface area contributed by atoms with Gasteiger partial charge < -0.3 is 9.47 Å². The van der Waals surface area contributed by atoms with Gasteiger partial charge in [0.15, 0.2) is 0 Å². The summed E-state index contributed by atoms with van der Waals surface area (Å²) in [6.45, 7) is 6.93. The summed E-state index contributed by atoms with van der Waals surface area (Å²) < 4.78 is 10.8. The molecule has 1 aromatic rings. The fraction of sp³-hybridized carbons (Fsp3) is 0.719. The molecule has 9 atom stereocenters. The SMILES string of the molecule is COC(=O)CC[C@@H](C)[C@H]1CC[C@H]2[C@@H]3CC[C@H]4C[C@@H](OC(=O)c5ccccc5)CC[C@]4(C)[C@H]3CC(=O)[C@]12C. The Morgan fingerprint density at radius 3 is 2.51 bits per heavy atom. The van der Waals surface area contributed by atoms with E-state index in [0.29, 0.717) is 59.7 Å². The van der Waals surface area contributed by atoms with Crippen LogP contribution in [0.25, 0.3) is 0 Å². The summed E-state index contributed by atoms with van der Waals surface area (Å²) in [7, 11) is 1.45. The largest absolute Gasteiger partial charge is 0.469 e. The van der Waals surface area contributed by atoms with Crippen molar-refractivity contribution < 1.29 is 23.9 Å². The van der Waals surface area contributed by atoms with Gasteiger partial charge in [0.1, 0.15) is 11.9 Å². The van der Waals surface area contributed by atoms with E-state index in [1.807, 2.05) is 30.3 Å². The molecule has 0 unspecified atom stereocenters. The second-order valence-electron chi connectivity index (χ2n) is 13.0. The highest BCUT2D eigenvalue weighted by atomic mass is 16.5. The molecule has 0 saturated heterocycles. The number of ether oxygens (including phenoxy) is 2. The number of carbonyl (C=O) groups is 3. The number of hydrogen-bond donors (Lipinski definition) is 0. The van der Waals surface area contributed by atoms with Crippen molar-refractivity contribution in [2.75, 3.05) is 7.11 Å². The molecule has 37 heavy (non-hydrogen) atoms. The minimum Gasteiger partial charge on any atom is -0.469 e. The van der Waals surface area contributed by atoms with Gasteiger partial charge in [-0.1, -0.05) is 39.0 Å². The van der Waals surface area contributed by atoms with E-state index in [2.05, 4.69) is 20.8 Å². The summed E-state index contributed by atoms with van der Waals surface area (Å²) in [5.41, 5.74) is 0.500. The topological polar surface area (TPSA) is 69.7 Å². The number of Topliss-reactive ketones (excluding diaryl/α,β-unsaturated/α-hetero) is 1. The maximum Gasteiger partial charge on any atom is 0.338 e. The van der Waals surface area contributed by atoms with Crippen molar-refractivity contribution in [3.05, 3.63) is 35.9 Å². The van der Waals surface area contributed by atoms with E-state index in [1.165, 1.54) is 20.0 Å². The molecule has 4 fully saturated rings. The number of hydrogen-bond acceptors (Lipinski definition) is 5. The van der Waals surface area contributed by atoms with Gasteiger partial charge in [-0.05, 0) is 104 Å². The van der Waals surface area contributed by atoms with Crippen LogP contribution in [0.4, 0.5) is 0 Å². The summed E-state index contributed by atoms with van der Waals surface area (Å²) in [5, 5.41) is 0. The minimum atomic E-state index is -0.262. The molecule has 5 nitrogen and oxygen atoms in total. The Labute approximate surface area is 222 Å². The van der Waals surface area contributed by atoms with Crippen molar-refractivity contribution in [2.24, 2.45) is 46.3 Å². The van der Waals surface area contributed by atoms with Crippen molar-refractivity contribution >= 4 is 17.7 Å². The second kappa shape index (κ2) is 10.2. The monoisotopic (exact) mass is 508 g/mol. The van der Waals surface area contributed by atoms with Crippen LogP contribution in [0, 0.1) is 46.3 Å². The average Bonchev–Trinajstić information content (AvgIpc) is 3.27. The molecule has 4 saturated carbocycles. The van der Waals surface area contributed by atoms with Crippen molar-refractivity contribution in [3.8, 4) is 0 Å². The molecule has 4 aliphatic rings. The van der Waals surface area contributed by atoms with Crippen LogP contribution in [0.2, 0.25) is 0 Å². The number of methoxy groups -OCH3 is 1. The fourth-order valence-corrected chi connectivity index (χ4v) is 9.42. The number of carbonyl (C=O) groups excluding carboxylic acids is 3. The van der Waals surface area contributed by atoms with Gasteiger partial charge in [-0.2, -0.15) is 0 Å². The zero-order valence-electron chi connectivity index (χ0n) is 23.0. The first-order valence-corrected chi connectivity index (χ1v) is 14.5. The molecule has 5 rings (SSSR count). The fourth-order valence-electron chi connectivity index (χ4n) is 9.42. The second-order valence-corrected chi connectivity index (χ2v) is 13.0. The molecule has 1 aromatic carbocycles.